The highest BCUT2D eigenvalue weighted by Gasteiger charge is 2.14. The van der Waals surface area contributed by atoms with E-state index in [0.717, 1.165) is 5.69 Å². The Morgan fingerprint density at radius 2 is 1.93 bits per heavy atom. The average molecular weight is 377 g/mol. The van der Waals surface area contributed by atoms with Gasteiger partial charge in [0.15, 0.2) is 5.69 Å². The van der Waals surface area contributed by atoms with E-state index >= 15 is 0 Å². The lowest BCUT2D eigenvalue weighted by Gasteiger charge is -2.08. The van der Waals surface area contributed by atoms with Crippen LogP contribution < -0.4 is 16.8 Å². The number of nitrogens with two attached hydrogens (primary N) is 2. The maximum Gasteiger partial charge on any atom is 0.269 e. The molecule has 0 spiro atoms. The molecule has 0 fully saturated rings. The first-order valence-electron chi connectivity index (χ1n) is 8.50. The minimum atomic E-state index is -0.706. The molecular formula is C19H19N7O2. The fourth-order valence-corrected chi connectivity index (χ4v) is 2.50. The number of primary amides is 1. The lowest BCUT2D eigenvalue weighted by molar-refractivity contribution is 0.0949. The minimum absolute atomic E-state index is 0.0211. The Hall–Kier alpha value is -3.72. The Morgan fingerprint density at radius 3 is 2.61 bits per heavy atom. The average Bonchev–Trinajstić information content (AvgIpc) is 2.72. The third-order valence-electron chi connectivity index (χ3n) is 3.96. The summed E-state index contributed by atoms with van der Waals surface area (Å²) >= 11 is 0. The Balaban J connectivity index is 1.80. The van der Waals surface area contributed by atoms with E-state index in [1.807, 2.05) is 6.92 Å². The van der Waals surface area contributed by atoms with Crippen LogP contribution in [0.15, 0.2) is 42.9 Å². The summed E-state index contributed by atoms with van der Waals surface area (Å²) in [5, 5.41) is 2.79. The van der Waals surface area contributed by atoms with Crippen molar-refractivity contribution in [2.24, 2.45) is 11.5 Å². The van der Waals surface area contributed by atoms with Gasteiger partial charge in [-0.3, -0.25) is 24.5 Å². The molecule has 2 heterocycles. The summed E-state index contributed by atoms with van der Waals surface area (Å²) in [6, 6.07) is 6.82. The fraction of sp³-hybridized carbons (Fsp3) is 0.158. The number of aromatic nitrogens is 4. The topological polar surface area (TPSA) is 150 Å². The number of amides is 2. The third kappa shape index (κ3) is 4.33. The van der Waals surface area contributed by atoms with Gasteiger partial charge in [-0.05, 0) is 19.1 Å². The monoisotopic (exact) mass is 377 g/mol. The van der Waals surface area contributed by atoms with E-state index < -0.39 is 5.91 Å². The molecule has 0 radical (unpaired) electrons. The molecule has 5 N–H and O–H groups in total. The molecule has 0 aliphatic rings. The van der Waals surface area contributed by atoms with Gasteiger partial charge in [0.25, 0.3) is 11.8 Å². The van der Waals surface area contributed by atoms with Crippen molar-refractivity contribution in [2.75, 3.05) is 0 Å². The van der Waals surface area contributed by atoms with Crippen LogP contribution in [0.3, 0.4) is 0 Å². The van der Waals surface area contributed by atoms with Crippen LogP contribution in [0.4, 0.5) is 0 Å². The molecule has 0 saturated carbocycles. The van der Waals surface area contributed by atoms with Crippen LogP contribution >= 0.6 is 0 Å². The maximum absolute atomic E-state index is 12.5. The molecule has 142 valence electrons. The van der Waals surface area contributed by atoms with Crippen molar-refractivity contribution in [3.8, 4) is 11.3 Å². The van der Waals surface area contributed by atoms with E-state index in [2.05, 4.69) is 25.3 Å². The normalized spacial score (nSPS) is 10.5. The number of carbonyl (C=O) groups excluding carboxylic acids is 2. The van der Waals surface area contributed by atoms with Crippen molar-refractivity contribution in [3.05, 3.63) is 71.2 Å². The molecule has 0 aliphatic heterocycles. The smallest absolute Gasteiger partial charge is 0.269 e. The first kappa shape index (κ1) is 19.1. The van der Waals surface area contributed by atoms with E-state index in [1.165, 1.54) is 6.20 Å². The number of nitrogens with one attached hydrogen (secondary N) is 1. The summed E-state index contributed by atoms with van der Waals surface area (Å²) in [5.41, 5.74) is 14.2. The largest absolute Gasteiger partial charge is 0.364 e. The van der Waals surface area contributed by atoms with Crippen LogP contribution in [-0.4, -0.2) is 31.8 Å². The first-order chi connectivity index (χ1) is 13.5. The number of aryl methyl sites for hydroxylation is 1. The van der Waals surface area contributed by atoms with Crippen molar-refractivity contribution < 1.29 is 9.59 Å². The first-order valence-corrected chi connectivity index (χ1v) is 8.50. The molecule has 3 rings (SSSR count). The molecule has 2 aromatic heterocycles. The second-order valence-corrected chi connectivity index (χ2v) is 6.03. The van der Waals surface area contributed by atoms with Crippen molar-refractivity contribution in [3.63, 3.8) is 0 Å². The molecule has 3 aromatic rings. The second kappa shape index (κ2) is 8.31. The molecule has 2 amide bonds. The number of nitrogens with zero attached hydrogens (tertiary/aromatic N) is 4. The van der Waals surface area contributed by atoms with Crippen LogP contribution in [0.1, 0.15) is 37.9 Å². The predicted octanol–water partition coefficient (Wildman–Crippen LogP) is 0.730. The third-order valence-corrected chi connectivity index (χ3v) is 3.96. The molecule has 0 bridgehead atoms. The van der Waals surface area contributed by atoms with Gasteiger partial charge < -0.3 is 16.8 Å². The van der Waals surface area contributed by atoms with Crippen molar-refractivity contribution >= 4 is 11.8 Å². The number of carbonyl (C=O) groups is 2. The van der Waals surface area contributed by atoms with E-state index in [-0.39, 0.29) is 24.7 Å². The van der Waals surface area contributed by atoms with Gasteiger partial charge >= 0.3 is 0 Å². The van der Waals surface area contributed by atoms with Gasteiger partial charge in [-0.1, -0.05) is 12.1 Å². The van der Waals surface area contributed by atoms with Crippen LogP contribution in [0, 0.1) is 6.92 Å². The zero-order chi connectivity index (χ0) is 20.1. The Morgan fingerprint density at radius 1 is 1.11 bits per heavy atom. The molecular weight excluding hydrogens is 358 g/mol. The quantitative estimate of drug-likeness (QED) is 0.573. The molecule has 0 atom stereocenters. The Labute approximate surface area is 161 Å². The highest BCUT2D eigenvalue weighted by molar-refractivity contribution is 5.95. The zero-order valence-corrected chi connectivity index (χ0v) is 15.2. The summed E-state index contributed by atoms with van der Waals surface area (Å²) in [7, 11) is 0. The van der Waals surface area contributed by atoms with Gasteiger partial charge in [0.2, 0.25) is 0 Å². The second-order valence-electron chi connectivity index (χ2n) is 6.03. The molecule has 28 heavy (non-hydrogen) atoms. The van der Waals surface area contributed by atoms with Gasteiger partial charge in [-0.15, -0.1) is 0 Å². The fourth-order valence-electron chi connectivity index (χ4n) is 2.50. The molecule has 0 saturated heterocycles. The van der Waals surface area contributed by atoms with E-state index in [1.54, 1.807) is 36.7 Å². The van der Waals surface area contributed by atoms with Crippen LogP contribution in [0.5, 0.6) is 0 Å². The van der Waals surface area contributed by atoms with Gasteiger partial charge in [0.1, 0.15) is 0 Å². The standard InChI is InChI=1S/C19H19N7O2/c1-11-7-23-14(8-22-11)9-25-19(28)13-4-2-3-12(5-13)16-10-24-15(6-20)17(26-16)18(21)27/h2-5,7-8,10H,6,9,20H2,1H3,(H2,21,27)(H,25,28). The van der Waals surface area contributed by atoms with Crippen LogP contribution in [0.2, 0.25) is 0 Å². The summed E-state index contributed by atoms with van der Waals surface area (Å²) in [5.74, 6) is -0.978. The number of hydrogen-bond acceptors (Lipinski definition) is 7. The molecule has 1 aromatic carbocycles. The molecule has 9 heteroatoms. The number of rotatable bonds is 6. The highest BCUT2D eigenvalue weighted by Crippen LogP contribution is 2.19. The molecule has 9 nitrogen and oxygen atoms in total. The zero-order valence-electron chi connectivity index (χ0n) is 15.2. The van der Waals surface area contributed by atoms with Gasteiger partial charge in [-0.25, -0.2) is 4.98 Å². The number of hydrogen-bond donors (Lipinski definition) is 3. The van der Waals surface area contributed by atoms with Crippen LogP contribution in [-0.2, 0) is 13.1 Å². The summed E-state index contributed by atoms with van der Waals surface area (Å²) in [4.78, 5) is 40.8. The SMILES string of the molecule is Cc1cnc(CNC(=O)c2cccc(-c3cnc(CN)c(C(N)=O)n3)c2)cn1. The number of benzene rings is 1. The van der Waals surface area contributed by atoms with Gasteiger partial charge in [0.05, 0.1) is 41.7 Å². The van der Waals surface area contributed by atoms with Crippen molar-refractivity contribution in [1.29, 1.82) is 0 Å². The predicted molar refractivity (Wildman–Crippen MR) is 102 cm³/mol. The Kier molecular flexibility index (Phi) is 5.66. The van der Waals surface area contributed by atoms with Gasteiger partial charge in [-0.2, -0.15) is 0 Å². The van der Waals surface area contributed by atoms with Crippen molar-refractivity contribution in [2.45, 2.75) is 20.0 Å². The highest BCUT2D eigenvalue weighted by atomic mass is 16.2. The maximum atomic E-state index is 12.5. The van der Waals surface area contributed by atoms with Crippen LogP contribution in [0.25, 0.3) is 11.3 Å². The summed E-state index contributed by atoms with van der Waals surface area (Å²) in [6.07, 6.45) is 4.75. The summed E-state index contributed by atoms with van der Waals surface area (Å²) < 4.78 is 0. The van der Waals surface area contributed by atoms with E-state index in [0.29, 0.717) is 28.2 Å². The van der Waals surface area contributed by atoms with E-state index in [9.17, 15) is 9.59 Å². The lowest BCUT2D eigenvalue weighted by atomic mass is 10.1. The molecule has 0 aliphatic carbocycles. The van der Waals surface area contributed by atoms with Crippen molar-refractivity contribution in [1.82, 2.24) is 25.3 Å². The lowest BCUT2D eigenvalue weighted by Crippen LogP contribution is -2.23. The molecule has 0 unspecified atom stereocenters. The summed E-state index contributed by atoms with van der Waals surface area (Å²) in [6.45, 7) is 2.15. The minimum Gasteiger partial charge on any atom is -0.364 e. The van der Waals surface area contributed by atoms with E-state index in [4.69, 9.17) is 11.5 Å². The van der Waals surface area contributed by atoms with Gasteiger partial charge in [0, 0.05) is 23.9 Å². The Bertz CT molecular complexity index is 1020.